The molecule has 1 aliphatic carbocycles. The van der Waals surface area contributed by atoms with Crippen LogP contribution in [-0.2, 0) is 12.8 Å². The fraction of sp³-hybridized carbons (Fsp3) is 0.714. The highest BCUT2D eigenvalue weighted by Gasteiger charge is 2.25. The van der Waals surface area contributed by atoms with Crippen LogP contribution in [0, 0.1) is 13.8 Å². The van der Waals surface area contributed by atoms with Crippen molar-refractivity contribution in [3.8, 4) is 0 Å². The molecule has 2 heteroatoms. The Morgan fingerprint density at radius 3 is 2.50 bits per heavy atom. The minimum atomic E-state index is -0.0189. The van der Waals surface area contributed by atoms with Crippen molar-refractivity contribution in [3.63, 3.8) is 0 Å². The highest BCUT2D eigenvalue weighted by molar-refractivity contribution is 6.15. The van der Waals surface area contributed by atoms with E-state index in [2.05, 4.69) is 25.8 Å². The fourth-order valence-electron chi connectivity index (χ4n) is 2.50. The lowest BCUT2D eigenvalue weighted by atomic mass is 9.65. The summed E-state index contributed by atoms with van der Waals surface area (Å²) in [5, 5.41) is -0.0189. The maximum Gasteiger partial charge on any atom is 0.0747 e. The van der Waals surface area contributed by atoms with Gasteiger partial charge in [0.15, 0.2) is 0 Å². The number of nitrogens with one attached hydrogen (secondary N) is 1. The Kier molecular flexibility index (Phi) is 4.29. The maximum absolute atomic E-state index is 6.23. The molecule has 0 fully saturated rings. The first-order valence-electron chi connectivity index (χ1n) is 6.45. The zero-order valence-corrected chi connectivity index (χ0v) is 11.4. The van der Waals surface area contributed by atoms with Gasteiger partial charge in [0.2, 0.25) is 0 Å². The molecule has 16 heavy (non-hydrogen) atoms. The van der Waals surface area contributed by atoms with E-state index >= 15 is 0 Å². The first-order chi connectivity index (χ1) is 7.49. The molecule has 1 nitrogen and oxygen atoms in total. The number of H-pyrrole nitrogens is 1. The summed E-state index contributed by atoms with van der Waals surface area (Å²) in [6.07, 6.45) is 4.54. The average Bonchev–Trinajstić information content (AvgIpc) is 2.41. The van der Waals surface area contributed by atoms with Crippen molar-refractivity contribution in [1.29, 1.82) is 0 Å². The van der Waals surface area contributed by atoms with Crippen LogP contribution in [0.3, 0.4) is 0 Å². The Bertz CT molecular complexity index is 350. The summed E-state index contributed by atoms with van der Waals surface area (Å²) in [4.78, 5) is 3.48. The van der Waals surface area contributed by atoms with Crippen LogP contribution in [0.15, 0.2) is 0 Å². The lowest BCUT2D eigenvalue weighted by Crippen LogP contribution is -2.10. The van der Waals surface area contributed by atoms with Crippen LogP contribution in [0.5, 0.6) is 0 Å². The highest BCUT2D eigenvalue weighted by atomic mass is 14.7. The van der Waals surface area contributed by atoms with Gasteiger partial charge in [-0.2, -0.15) is 0 Å². The second kappa shape index (κ2) is 5.12. The molecule has 0 spiro atoms. The molecule has 0 aliphatic heterocycles. The third-order valence-corrected chi connectivity index (χ3v) is 3.47. The molecule has 2 rings (SSSR count). The maximum atomic E-state index is 6.23. The van der Waals surface area contributed by atoms with Gasteiger partial charge in [-0.25, -0.2) is 0 Å². The molecule has 1 heterocycles. The highest BCUT2D eigenvalue weighted by Crippen LogP contribution is 2.38. The molecule has 1 N–H and O–H groups in total. The summed E-state index contributed by atoms with van der Waals surface area (Å²) in [6, 6.07) is 0. The molecule has 88 valence electrons. The molecule has 2 radical (unpaired) electrons. The number of fused-ring (bicyclic) bond motifs is 1. The second-order valence-electron chi connectivity index (χ2n) is 5.02. The zero-order valence-electron chi connectivity index (χ0n) is 11.4. The van der Waals surface area contributed by atoms with E-state index in [1.807, 2.05) is 13.8 Å². The number of hydrogen-bond acceptors (Lipinski definition) is 0. The van der Waals surface area contributed by atoms with Crippen molar-refractivity contribution in [2.45, 2.75) is 65.6 Å². The van der Waals surface area contributed by atoms with E-state index in [9.17, 15) is 0 Å². The topological polar surface area (TPSA) is 15.8 Å². The quantitative estimate of drug-likeness (QED) is 0.501. The summed E-state index contributed by atoms with van der Waals surface area (Å²) in [6.45, 7) is 10.5. The molecular weight excluding hydrogens is 193 g/mol. The average molecular weight is 217 g/mol. The van der Waals surface area contributed by atoms with Gasteiger partial charge in [0.05, 0.1) is 7.85 Å². The van der Waals surface area contributed by atoms with Crippen molar-refractivity contribution >= 4 is 7.85 Å². The van der Waals surface area contributed by atoms with Crippen LogP contribution in [0.4, 0.5) is 0 Å². The van der Waals surface area contributed by atoms with Crippen LogP contribution in [0.2, 0.25) is 5.31 Å². The molecule has 1 aromatic rings. The van der Waals surface area contributed by atoms with Crippen LogP contribution >= 0.6 is 0 Å². The van der Waals surface area contributed by atoms with E-state index in [1.54, 1.807) is 0 Å². The van der Waals surface area contributed by atoms with Crippen molar-refractivity contribution in [3.05, 3.63) is 22.5 Å². The molecule has 0 saturated carbocycles. The largest absolute Gasteiger partial charge is 0.362 e. The molecular formula is C14H24BN. The van der Waals surface area contributed by atoms with Gasteiger partial charge < -0.3 is 4.98 Å². The summed E-state index contributed by atoms with van der Waals surface area (Å²) in [7, 11) is 6.23. The summed E-state index contributed by atoms with van der Waals surface area (Å²) in [5.41, 5.74) is 5.66. The van der Waals surface area contributed by atoms with Gasteiger partial charge in [0.1, 0.15) is 0 Å². The number of rotatable bonds is 0. The van der Waals surface area contributed by atoms with E-state index in [-0.39, 0.29) is 5.31 Å². The number of aromatic nitrogens is 1. The van der Waals surface area contributed by atoms with Gasteiger partial charge in [-0.05, 0) is 44.2 Å². The van der Waals surface area contributed by atoms with Gasteiger partial charge in [0, 0.05) is 11.4 Å². The minimum absolute atomic E-state index is 0.0189. The van der Waals surface area contributed by atoms with Crippen LogP contribution in [0.25, 0.3) is 0 Å². The normalized spacial score (nSPS) is 24.1. The van der Waals surface area contributed by atoms with Crippen molar-refractivity contribution in [1.82, 2.24) is 4.98 Å². The molecule has 0 aromatic carbocycles. The monoisotopic (exact) mass is 217 g/mol. The number of aryl methyl sites for hydroxylation is 1. The lowest BCUT2D eigenvalue weighted by Gasteiger charge is -2.22. The molecule has 1 unspecified atom stereocenters. The van der Waals surface area contributed by atoms with Crippen LogP contribution in [0.1, 0.15) is 56.1 Å². The van der Waals surface area contributed by atoms with E-state index in [1.165, 1.54) is 35.4 Å². The van der Waals surface area contributed by atoms with Crippen molar-refractivity contribution in [2.75, 3.05) is 0 Å². The van der Waals surface area contributed by atoms with Crippen LogP contribution < -0.4 is 0 Å². The van der Waals surface area contributed by atoms with E-state index < -0.39 is 0 Å². The molecule has 0 saturated heterocycles. The Hall–Kier alpha value is -0.655. The standard InChI is InChI=1S/C12H18BN.C2H6/c1-8-9(2)14-11-7-12(3,13)6-4-5-10(8)11;1-2/h14H,4-7H2,1-3H3;1-2H3. The Labute approximate surface area is 101 Å². The van der Waals surface area contributed by atoms with Crippen molar-refractivity contribution < 1.29 is 0 Å². The van der Waals surface area contributed by atoms with Crippen LogP contribution in [-0.4, -0.2) is 12.8 Å². The van der Waals surface area contributed by atoms with Gasteiger partial charge in [0.25, 0.3) is 0 Å². The summed E-state index contributed by atoms with van der Waals surface area (Å²) < 4.78 is 0. The Morgan fingerprint density at radius 1 is 1.25 bits per heavy atom. The van der Waals surface area contributed by atoms with Gasteiger partial charge in [-0.15, -0.1) is 0 Å². The lowest BCUT2D eigenvalue weighted by molar-refractivity contribution is 0.546. The predicted molar refractivity (Wildman–Crippen MR) is 72.4 cm³/mol. The minimum Gasteiger partial charge on any atom is -0.362 e. The Morgan fingerprint density at radius 2 is 1.88 bits per heavy atom. The predicted octanol–water partition coefficient (Wildman–Crippen LogP) is 3.88. The first kappa shape index (κ1) is 13.4. The van der Waals surface area contributed by atoms with Crippen molar-refractivity contribution in [2.24, 2.45) is 0 Å². The van der Waals surface area contributed by atoms with Gasteiger partial charge in [-0.3, -0.25) is 0 Å². The van der Waals surface area contributed by atoms with Gasteiger partial charge >= 0.3 is 0 Å². The smallest absolute Gasteiger partial charge is 0.0747 e. The van der Waals surface area contributed by atoms with Gasteiger partial charge in [-0.1, -0.05) is 32.5 Å². The molecule has 1 atom stereocenters. The fourth-order valence-corrected chi connectivity index (χ4v) is 2.50. The molecule has 1 aromatic heterocycles. The third kappa shape index (κ3) is 2.72. The van der Waals surface area contributed by atoms with E-state index in [0.717, 1.165) is 12.8 Å². The summed E-state index contributed by atoms with van der Waals surface area (Å²) >= 11 is 0. The Balaban J connectivity index is 0.000000606. The zero-order chi connectivity index (χ0) is 12.3. The SMILES string of the molecule is CC.[B]C1(C)CCCc2c([nH]c(C)c2C)C1. The second-order valence-corrected chi connectivity index (χ2v) is 5.02. The molecule has 0 amide bonds. The number of aromatic amines is 1. The van der Waals surface area contributed by atoms with E-state index in [4.69, 9.17) is 7.85 Å². The molecule has 1 aliphatic rings. The summed E-state index contributed by atoms with van der Waals surface area (Å²) in [5.74, 6) is 0. The number of hydrogen-bond donors (Lipinski definition) is 1. The third-order valence-electron chi connectivity index (χ3n) is 3.47. The van der Waals surface area contributed by atoms with E-state index in [0.29, 0.717) is 0 Å². The first-order valence-corrected chi connectivity index (χ1v) is 6.45. The molecule has 0 bridgehead atoms.